The van der Waals surface area contributed by atoms with E-state index in [0.717, 1.165) is 22.4 Å². The lowest BCUT2D eigenvalue weighted by atomic mass is 10.1. The molecule has 0 spiro atoms. The van der Waals surface area contributed by atoms with Gasteiger partial charge in [0.05, 0.1) is 12.2 Å². The molecule has 6 heteroatoms. The van der Waals surface area contributed by atoms with Gasteiger partial charge in [-0.15, -0.1) is 5.10 Å². The SMILES string of the molecule is Cc1cc(C)cc(-n2nnc3c(=O)n(Cc4ccccc4)cnc32)c1. The number of hydrogen-bond acceptors (Lipinski definition) is 4. The van der Waals surface area contributed by atoms with Crippen molar-refractivity contribution in [2.24, 2.45) is 0 Å². The third-order valence-electron chi connectivity index (χ3n) is 4.08. The van der Waals surface area contributed by atoms with E-state index in [1.807, 2.05) is 56.3 Å². The zero-order chi connectivity index (χ0) is 17.4. The van der Waals surface area contributed by atoms with Gasteiger partial charge in [0.25, 0.3) is 5.56 Å². The third kappa shape index (κ3) is 2.82. The minimum absolute atomic E-state index is 0.190. The highest BCUT2D eigenvalue weighted by Gasteiger charge is 2.13. The molecule has 0 radical (unpaired) electrons. The summed E-state index contributed by atoms with van der Waals surface area (Å²) in [6.45, 7) is 4.50. The molecule has 0 aliphatic carbocycles. The van der Waals surface area contributed by atoms with E-state index in [4.69, 9.17) is 0 Å². The molecule has 6 nitrogen and oxygen atoms in total. The predicted molar refractivity (Wildman–Crippen MR) is 95.9 cm³/mol. The zero-order valence-electron chi connectivity index (χ0n) is 14.0. The summed E-state index contributed by atoms with van der Waals surface area (Å²) in [5, 5.41) is 8.22. The molecule has 0 amide bonds. The summed E-state index contributed by atoms with van der Waals surface area (Å²) in [7, 11) is 0. The molecule has 0 N–H and O–H groups in total. The molecule has 0 aliphatic rings. The van der Waals surface area contributed by atoms with Crippen molar-refractivity contribution in [1.82, 2.24) is 24.5 Å². The Hall–Kier alpha value is -3.28. The number of aryl methyl sites for hydroxylation is 2. The van der Waals surface area contributed by atoms with Crippen LogP contribution in [0.2, 0.25) is 0 Å². The minimum Gasteiger partial charge on any atom is -0.293 e. The van der Waals surface area contributed by atoms with Gasteiger partial charge in [-0.3, -0.25) is 9.36 Å². The van der Waals surface area contributed by atoms with Gasteiger partial charge in [-0.25, -0.2) is 4.98 Å². The fourth-order valence-electron chi connectivity index (χ4n) is 2.98. The van der Waals surface area contributed by atoms with Gasteiger partial charge < -0.3 is 0 Å². The van der Waals surface area contributed by atoms with Crippen LogP contribution in [0.4, 0.5) is 0 Å². The van der Waals surface area contributed by atoms with Crippen LogP contribution < -0.4 is 5.56 Å². The first-order valence-electron chi connectivity index (χ1n) is 8.05. The Morgan fingerprint density at radius 2 is 1.72 bits per heavy atom. The van der Waals surface area contributed by atoms with Crippen molar-refractivity contribution < 1.29 is 0 Å². The lowest BCUT2D eigenvalue weighted by molar-refractivity contribution is 0.745. The Labute approximate surface area is 144 Å². The lowest BCUT2D eigenvalue weighted by Gasteiger charge is -2.06. The maximum Gasteiger partial charge on any atom is 0.283 e. The molecule has 0 fully saturated rings. The molecule has 0 aliphatic heterocycles. The Morgan fingerprint density at radius 3 is 2.44 bits per heavy atom. The topological polar surface area (TPSA) is 65.6 Å². The largest absolute Gasteiger partial charge is 0.293 e. The zero-order valence-corrected chi connectivity index (χ0v) is 14.0. The average molecular weight is 331 g/mol. The number of aromatic nitrogens is 5. The number of fused-ring (bicyclic) bond motifs is 1. The molecular weight excluding hydrogens is 314 g/mol. The standard InChI is InChI=1S/C19H17N5O/c1-13-8-14(2)10-16(9-13)24-18-17(21-22-24)19(25)23(12-20-18)11-15-6-4-3-5-7-15/h3-10,12H,11H2,1-2H3. The van der Waals surface area contributed by atoms with Gasteiger partial charge >= 0.3 is 0 Å². The van der Waals surface area contributed by atoms with Gasteiger partial charge in [-0.1, -0.05) is 41.6 Å². The van der Waals surface area contributed by atoms with E-state index in [9.17, 15) is 4.79 Å². The molecule has 2 aromatic carbocycles. The first kappa shape index (κ1) is 15.3. The van der Waals surface area contributed by atoms with Gasteiger partial charge in [0.1, 0.15) is 6.33 Å². The van der Waals surface area contributed by atoms with Crippen LogP contribution in [0.5, 0.6) is 0 Å². The van der Waals surface area contributed by atoms with Gasteiger partial charge in [0, 0.05) is 0 Å². The molecule has 4 rings (SSSR count). The van der Waals surface area contributed by atoms with Crippen LogP contribution in [0.3, 0.4) is 0 Å². The van der Waals surface area contributed by atoms with Gasteiger partial charge in [-0.05, 0) is 42.7 Å². The molecule has 25 heavy (non-hydrogen) atoms. The quantitative estimate of drug-likeness (QED) is 0.579. The molecular formula is C19H17N5O. The highest BCUT2D eigenvalue weighted by molar-refractivity contribution is 5.70. The monoisotopic (exact) mass is 331 g/mol. The third-order valence-corrected chi connectivity index (χ3v) is 4.08. The van der Waals surface area contributed by atoms with Crippen LogP contribution in [0, 0.1) is 13.8 Å². The second-order valence-electron chi connectivity index (χ2n) is 6.18. The number of rotatable bonds is 3. The molecule has 0 saturated heterocycles. The normalized spacial score (nSPS) is 11.1. The number of hydrogen-bond donors (Lipinski definition) is 0. The van der Waals surface area contributed by atoms with Crippen LogP contribution >= 0.6 is 0 Å². The van der Waals surface area contributed by atoms with E-state index < -0.39 is 0 Å². The second kappa shape index (κ2) is 5.98. The Morgan fingerprint density at radius 1 is 1.00 bits per heavy atom. The molecule has 2 aromatic heterocycles. The van der Waals surface area contributed by atoms with Crippen molar-refractivity contribution in [3.63, 3.8) is 0 Å². The van der Waals surface area contributed by atoms with Crippen molar-refractivity contribution in [1.29, 1.82) is 0 Å². The summed E-state index contributed by atoms with van der Waals surface area (Å²) in [6, 6.07) is 15.9. The Bertz CT molecular complexity index is 1090. The van der Waals surface area contributed by atoms with Crippen molar-refractivity contribution in [2.45, 2.75) is 20.4 Å². The van der Waals surface area contributed by atoms with E-state index in [1.165, 1.54) is 0 Å². The van der Waals surface area contributed by atoms with Crippen molar-refractivity contribution in [3.8, 4) is 5.69 Å². The van der Waals surface area contributed by atoms with Crippen molar-refractivity contribution in [2.75, 3.05) is 0 Å². The van der Waals surface area contributed by atoms with E-state index in [2.05, 4.69) is 21.4 Å². The van der Waals surface area contributed by atoms with Crippen LogP contribution in [0.1, 0.15) is 16.7 Å². The summed E-state index contributed by atoms with van der Waals surface area (Å²) in [5.74, 6) is 0. The number of benzene rings is 2. The first-order chi connectivity index (χ1) is 12.1. The minimum atomic E-state index is -0.190. The van der Waals surface area contributed by atoms with Crippen LogP contribution in [0.25, 0.3) is 16.9 Å². The molecule has 0 saturated carbocycles. The van der Waals surface area contributed by atoms with Crippen LogP contribution in [0.15, 0.2) is 59.7 Å². The van der Waals surface area contributed by atoms with Crippen LogP contribution in [-0.4, -0.2) is 24.5 Å². The summed E-state index contributed by atoms with van der Waals surface area (Å²) < 4.78 is 3.17. The van der Waals surface area contributed by atoms with Crippen LogP contribution in [-0.2, 0) is 6.54 Å². The first-order valence-corrected chi connectivity index (χ1v) is 8.05. The average Bonchev–Trinajstić information content (AvgIpc) is 3.02. The fourth-order valence-corrected chi connectivity index (χ4v) is 2.98. The van der Waals surface area contributed by atoms with Gasteiger partial charge in [0.15, 0.2) is 11.2 Å². The maximum absolute atomic E-state index is 12.7. The molecule has 0 atom stereocenters. The molecule has 0 unspecified atom stereocenters. The summed E-state index contributed by atoms with van der Waals surface area (Å²) in [5.41, 5.74) is 4.69. The molecule has 4 aromatic rings. The maximum atomic E-state index is 12.7. The van der Waals surface area contributed by atoms with E-state index in [0.29, 0.717) is 12.2 Å². The Kier molecular flexibility index (Phi) is 3.65. The lowest BCUT2D eigenvalue weighted by Crippen LogP contribution is -2.21. The van der Waals surface area contributed by atoms with Gasteiger partial charge in [-0.2, -0.15) is 4.68 Å². The van der Waals surface area contributed by atoms with Crippen molar-refractivity contribution in [3.05, 3.63) is 81.9 Å². The summed E-state index contributed by atoms with van der Waals surface area (Å²) in [4.78, 5) is 17.2. The Balaban J connectivity index is 1.81. The van der Waals surface area contributed by atoms with E-state index in [1.54, 1.807) is 15.6 Å². The molecule has 124 valence electrons. The number of nitrogens with zero attached hydrogens (tertiary/aromatic N) is 5. The predicted octanol–water partition coefficient (Wildman–Crippen LogP) is 2.64. The van der Waals surface area contributed by atoms with E-state index in [-0.39, 0.29) is 11.1 Å². The van der Waals surface area contributed by atoms with Crippen molar-refractivity contribution >= 4 is 11.2 Å². The second-order valence-corrected chi connectivity index (χ2v) is 6.18. The molecule has 0 bridgehead atoms. The summed E-state index contributed by atoms with van der Waals surface area (Å²) in [6.07, 6.45) is 1.56. The highest BCUT2D eigenvalue weighted by Crippen LogP contribution is 2.16. The smallest absolute Gasteiger partial charge is 0.283 e. The van der Waals surface area contributed by atoms with E-state index >= 15 is 0 Å². The highest BCUT2D eigenvalue weighted by atomic mass is 16.1. The fraction of sp³-hybridized carbons (Fsp3) is 0.158. The molecule has 2 heterocycles. The van der Waals surface area contributed by atoms with Gasteiger partial charge in [0.2, 0.25) is 0 Å². The summed E-state index contributed by atoms with van der Waals surface area (Å²) >= 11 is 0.